The van der Waals surface area contributed by atoms with Gasteiger partial charge in [-0.25, -0.2) is 0 Å². The summed E-state index contributed by atoms with van der Waals surface area (Å²) in [6.07, 6.45) is 1.18. The molecular weight excluding hydrogens is 406 g/mol. The van der Waals surface area contributed by atoms with Gasteiger partial charge in [0, 0.05) is 36.1 Å². The van der Waals surface area contributed by atoms with E-state index in [0.717, 1.165) is 29.9 Å². The predicted octanol–water partition coefficient (Wildman–Crippen LogP) is 6.04. The number of anilines is 2. The minimum Gasteiger partial charge on any atom is -0.370 e. The molecule has 1 unspecified atom stereocenters. The normalized spacial score (nSPS) is 16.3. The average Bonchev–Trinajstić information content (AvgIpc) is 3.30. The molecule has 3 aromatic rings. The van der Waals surface area contributed by atoms with E-state index in [-0.39, 0.29) is 11.3 Å². The van der Waals surface area contributed by atoms with E-state index in [0.29, 0.717) is 11.6 Å². The number of amides is 1. The van der Waals surface area contributed by atoms with Crippen LogP contribution in [0.25, 0.3) is 11.1 Å². The first-order valence-corrected chi connectivity index (χ1v) is 11.7. The largest absolute Gasteiger partial charge is 0.370 e. The number of likely N-dealkylation sites (N-methyl/N-ethyl adjacent to an activating group) is 1. The van der Waals surface area contributed by atoms with Crippen molar-refractivity contribution in [2.75, 3.05) is 37.4 Å². The maximum Gasteiger partial charge on any atom is 0.255 e. The Morgan fingerprint density at radius 1 is 0.879 bits per heavy atom. The van der Waals surface area contributed by atoms with Crippen molar-refractivity contribution in [3.05, 3.63) is 83.9 Å². The quantitative estimate of drug-likeness (QED) is 0.524. The molecule has 1 amide bonds. The van der Waals surface area contributed by atoms with Crippen LogP contribution in [0.5, 0.6) is 0 Å². The third-order valence-corrected chi connectivity index (χ3v) is 6.62. The minimum atomic E-state index is -0.0915. The van der Waals surface area contributed by atoms with Gasteiger partial charge in [0.05, 0.1) is 0 Å². The molecule has 4 nitrogen and oxygen atoms in total. The second-order valence-corrected chi connectivity index (χ2v) is 10.3. The number of nitrogens with one attached hydrogen (secondary N) is 1. The topological polar surface area (TPSA) is 35.6 Å². The third-order valence-electron chi connectivity index (χ3n) is 6.62. The number of carbonyl (C=O) groups excluding carboxylic acids is 1. The smallest absolute Gasteiger partial charge is 0.255 e. The van der Waals surface area contributed by atoms with Crippen LogP contribution in [0.2, 0.25) is 0 Å². The van der Waals surface area contributed by atoms with E-state index in [1.165, 1.54) is 17.7 Å². The lowest BCUT2D eigenvalue weighted by Gasteiger charge is -2.22. The highest BCUT2D eigenvalue weighted by atomic mass is 16.1. The molecule has 4 rings (SSSR count). The van der Waals surface area contributed by atoms with Crippen molar-refractivity contribution >= 4 is 17.3 Å². The molecule has 3 aromatic carbocycles. The van der Waals surface area contributed by atoms with Crippen LogP contribution in [0.1, 0.15) is 43.1 Å². The molecule has 0 bridgehead atoms. The van der Waals surface area contributed by atoms with Gasteiger partial charge in [0.25, 0.3) is 5.91 Å². The van der Waals surface area contributed by atoms with Crippen molar-refractivity contribution in [3.8, 4) is 11.1 Å². The van der Waals surface area contributed by atoms with E-state index in [9.17, 15) is 4.79 Å². The van der Waals surface area contributed by atoms with Crippen LogP contribution < -0.4 is 10.2 Å². The highest BCUT2D eigenvalue weighted by molar-refractivity contribution is 6.04. The fourth-order valence-corrected chi connectivity index (χ4v) is 4.33. The number of carbonyl (C=O) groups is 1. The van der Waals surface area contributed by atoms with E-state index in [4.69, 9.17) is 0 Å². The molecule has 0 radical (unpaired) electrons. The lowest BCUT2D eigenvalue weighted by atomic mass is 9.86. The summed E-state index contributed by atoms with van der Waals surface area (Å²) in [6, 6.07) is 25.2. The molecule has 1 N–H and O–H groups in total. The van der Waals surface area contributed by atoms with Crippen LogP contribution >= 0.6 is 0 Å². The fourth-order valence-electron chi connectivity index (χ4n) is 4.33. The van der Waals surface area contributed by atoms with Crippen LogP contribution in [0.4, 0.5) is 11.4 Å². The van der Waals surface area contributed by atoms with E-state index in [1.54, 1.807) is 0 Å². The molecule has 1 atom stereocenters. The highest BCUT2D eigenvalue weighted by Gasteiger charge is 2.24. The van der Waals surface area contributed by atoms with Crippen molar-refractivity contribution in [1.29, 1.82) is 0 Å². The Bertz CT molecular complexity index is 1080. The standard InChI is InChI=1S/C29H35N3O/c1-29(2,3)24-12-10-22(11-13-24)21-6-8-23(9-7-21)28(33)30-25-14-16-26(17-15-25)32-19-18-27(20-32)31(4)5/h6-17,27H,18-20H2,1-5H3,(H,30,33). The van der Waals surface area contributed by atoms with Crippen molar-refractivity contribution < 1.29 is 4.79 Å². The summed E-state index contributed by atoms with van der Waals surface area (Å²) in [4.78, 5) is 17.4. The molecule has 0 spiro atoms. The zero-order chi connectivity index (χ0) is 23.6. The van der Waals surface area contributed by atoms with Crippen LogP contribution in [0, 0.1) is 0 Å². The predicted molar refractivity (Wildman–Crippen MR) is 139 cm³/mol. The molecule has 0 aromatic heterocycles. The second-order valence-electron chi connectivity index (χ2n) is 10.3. The van der Waals surface area contributed by atoms with E-state index < -0.39 is 0 Å². The number of nitrogens with zero attached hydrogens (tertiary/aromatic N) is 2. The lowest BCUT2D eigenvalue weighted by molar-refractivity contribution is 0.102. The lowest BCUT2D eigenvalue weighted by Crippen LogP contribution is -2.31. The monoisotopic (exact) mass is 441 g/mol. The number of hydrogen-bond acceptors (Lipinski definition) is 3. The Morgan fingerprint density at radius 3 is 1.97 bits per heavy atom. The molecule has 33 heavy (non-hydrogen) atoms. The van der Waals surface area contributed by atoms with Gasteiger partial charge in [0.2, 0.25) is 0 Å². The van der Waals surface area contributed by atoms with Gasteiger partial charge in [-0.15, -0.1) is 0 Å². The van der Waals surface area contributed by atoms with Crippen molar-refractivity contribution in [3.63, 3.8) is 0 Å². The van der Waals surface area contributed by atoms with Gasteiger partial charge >= 0.3 is 0 Å². The number of hydrogen-bond donors (Lipinski definition) is 1. The van der Waals surface area contributed by atoms with Crippen LogP contribution in [-0.4, -0.2) is 44.0 Å². The molecule has 1 aliphatic rings. The Balaban J connectivity index is 1.38. The Morgan fingerprint density at radius 2 is 1.45 bits per heavy atom. The molecule has 1 aliphatic heterocycles. The Hall–Kier alpha value is -3.11. The summed E-state index contributed by atoms with van der Waals surface area (Å²) in [7, 11) is 4.28. The first-order valence-electron chi connectivity index (χ1n) is 11.7. The van der Waals surface area contributed by atoms with Crippen LogP contribution in [0.15, 0.2) is 72.8 Å². The SMILES string of the molecule is CN(C)C1CCN(c2ccc(NC(=O)c3ccc(-c4ccc(C(C)(C)C)cc4)cc3)cc2)C1. The van der Waals surface area contributed by atoms with Gasteiger partial charge in [0.15, 0.2) is 0 Å². The van der Waals surface area contributed by atoms with E-state index in [1.807, 2.05) is 36.4 Å². The van der Waals surface area contributed by atoms with Gasteiger partial charge in [-0.05, 0) is 79.0 Å². The average molecular weight is 442 g/mol. The molecular formula is C29H35N3O. The highest BCUT2D eigenvalue weighted by Crippen LogP contribution is 2.27. The molecule has 0 aliphatic carbocycles. The van der Waals surface area contributed by atoms with Gasteiger partial charge in [-0.2, -0.15) is 0 Å². The summed E-state index contributed by atoms with van der Waals surface area (Å²) in [5.41, 5.74) is 6.40. The first-order chi connectivity index (χ1) is 15.7. The summed E-state index contributed by atoms with van der Waals surface area (Å²) < 4.78 is 0. The zero-order valence-corrected chi connectivity index (χ0v) is 20.4. The molecule has 1 heterocycles. The zero-order valence-electron chi connectivity index (χ0n) is 20.4. The fraction of sp³-hybridized carbons (Fsp3) is 0.345. The van der Waals surface area contributed by atoms with Crippen molar-refractivity contribution in [1.82, 2.24) is 4.90 Å². The molecule has 1 fully saturated rings. The molecule has 4 heteroatoms. The second kappa shape index (κ2) is 9.40. The number of benzene rings is 3. The molecule has 0 saturated carbocycles. The Labute approximate surface area is 198 Å². The van der Waals surface area contributed by atoms with Crippen molar-refractivity contribution in [2.45, 2.75) is 38.6 Å². The van der Waals surface area contributed by atoms with E-state index >= 15 is 0 Å². The third kappa shape index (κ3) is 5.45. The summed E-state index contributed by atoms with van der Waals surface area (Å²) in [6.45, 7) is 8.77. The maximum atomic E-state index is 12.7. The summed E-state index contributed by atoms with van der Waals surface area (Å²) >= 11 is 0. The minimum absolute atomic E-state index is 0.0915. The molecule has 172 valence electrons. The van der Waals surface area contributed by atoms with Gasteiger partial charge < -0.3 is 15.1 Å². The maximum absolute atomic E-state index is 12.7. The first kappa shape index (κ1) is 23.1. The number of rotatable bonds is 5. The van der Waals surface area contributed by atoms with Gasteiger partial charge in [-0.3, -0.25) is 4.79 Å². The van der Waals surface area contributed by atoms with Crippen LogP contribution in [0.3, 0.4) is 0 Å². The van der Waals surface area contributed by atoms with Gasteiger partial charge in [-0.1, -0.05) is 57.2 Å². The molecule has 1 saturated heterocycles. The van der Waals surface area contributed by atoms with Crippen LogP contribution in [-0.2, 0) is 5.41 Å². The van der Waals surface area contributed by atoms with E-state index in [2.05, 4.69) is 86.4 Å². The van der Waals surface area contributed by atoms with Gasteiger partial charge in [0.1, 0.15) is 0 Å². The summed E-state index contributed by atoms with van der Waals surface area (Å²) in [5.74, 6) is -0.0915. The Kier molecular flexibility index (Phi) is 6.57. The summed E-state index contributed by atoms with van der Waals surface area (Å²) in [5, 5.41) is 3.02. The van der Waals surface area contributed by atoms with Crippen molar-refractivity contribution in [2.24, 2.45) is 0 Å².